The van der Waals surface area contributed by atoms with Gasteiger partial charge in [0, 0.05) is 9.75 Å². The Morgan fingerprint density at radius 3 is 2.44 bits per heavy atom. The number of fused-ring (bicyclic) bond motifs is 1. The minimum absolute atomic E-state index is 0.410. The van der Waals surface area contributed by atoms with Crippen molar-refractivity contribution in [2.45, 2.75) is 84.5 Å². The van der Waals surface area contributed by atoms with Crippen LogP contribution in [0.1, 0.15) is 93.5 Å². The second kappa shape index (κ2) is 5.00. The Morgan fingerprint density at radius 2 is 1.89 bits per heavy atom. The molecule has 18 heavy (non-hydrogen) atoms. The van der Waals surface area contributed by atoms with Crippen LogP contribution in [-0.2, 0) is 11.8 Å². The van der Waals surface area contributed by atoms with Crippen LogP contribution < -0.4 is 0 Å². The Labute approximate surface area is 117 Å². The summed E-state index contributed by atoms with van der Waals surface area (Å²) in [6.45, 7) is 14.3. The van der Waals surface area contributed by atoms with E-state index in [1.54, 1.807) is 20.9 Å². The molecule has 1 aromatic rings. The quantitative estimate of drug-likeness (QED) is 0.628. The summed E-state index contributed by atoms with van der Waals surface area (Å²) < 4.78 is 0. The highest BCUT2D eigenvalue weighted by Crippen LogP contribution is 2.48. The van der Waals surface area contributed by atoms with E-state index in [-0.39, 0.29) is 0 Å². The van der Waals surface area contributed by atoms with E-state index in [9.17, 15) is 0 Å². The average Bonchev–Trinajstić information content (AvgIpc) is 2.68. The predicted octanol–water partition coefficient (Wildman–Crippen LogP) is 6.00. The van der Waals surface area contributed by atoms with Crippen molar-refractivity contribution >= 4 is 11.3 Å². The zero-order chi connectivity index (χ0) is 13.5. The van der Waals surface area contributed by atoms with Crippen LogP contribution in [0.5, 0.6) is 0 Å². The molecule has 2 rings (SSSR count). The minimum atomic E-state index is 0.410. The molecule has 0 aliphatic heterocycles. The van der Waals surface area contributed by atoms with Gasteiger partial charge in [0.25, 0.3) is 0 Å². The zero-order valence-electron chi connectivity index (χ0n) is 12.9. The van der Waals surface area contributed by atoms with Gasteiger partial charge in [-0.05, 0) is 54.1 Å². The molecule has 1 aliphatic carbocycles. The largest absolute Gasteiger partial charge is 0.144 e. The highest BCUT2D eigenvalue weighted by Gasteiger charge is 2.33. The Balaban J connectivity index is 2.59. The van der Waals surface area contributed by atoms with Crippen molar-refractivity contribution in [3.63, 3.8) is 0 Å². The summed E-state index contributed by atoms with van der Waals surface area (Å²) in [5.74, 6) is 1.41. The lowest BCUT2D eigenvalue weighted by Gasteiger charge is -2.30. The van der Waals surface area contributed by atoms with E-state index in [0.29, 0.717) is 11.3 Å². The molecule has 1 heteroatoms. The average molecular weight is 264 g/mol. The first-order valence-electron chi connectivity index (χ1n) is 7.54. The van der Waals surface area contributed by atoms with Gasteiger partial charge in [-0.25, -0.2) is 0 Å². The van der Waals surface area contributed by atoms with Crippen LogP contribution in [-0.4, -0.2) is 0 Å². The second-order valence-electron chi connectivity index (χ2n) is 6.89. The van der Waals surface area contributed by atoms with Crippen LogP contribution in [0.15, 0.2) is 0 Å². The van der Waals surface area contributed by atoms with Gasteiger partial charge in [0.05, 0.1) is 0 Å². The fraction of sp³-hybridized carbons (Fsp3) is 0.765. The highest BCUT2D eigenvalue weighted by molar-refractivity contribution is 7.12. The molecule has 102 valence electrons. The first kappa shape index (κ1) is 14.1. The molecular formula is C17H28S. The van der Waals surface area contributed by atoms with Gasteiger partial charge < -0.3 is 0 Å². The minimum Gasteiger partial charge on any atom is -0.144 e. The van der Waals surface area contributed by atoms with Gasteiger partial charge in [-0.2, -0.15) is 0 Å². The molecule has 0 radical (unpaired) electrons. The fourth-order valence-electron chi connectivity index (χ4n) is 3.30. The first-order chi connectivity index (χ1) is 8.38. The molecular weight excluding hydrogens is 236 g/mol. The van der Waals surface area contributed by atoms with Crippen LogP contribution in [0, 0.1) is 0 Å². The lowest BCUT2D eigenvalue weighted by molar-refractivity contribution is 0.440. The molecule has 0 nitrogen and oxygen atoms in total. The van der Waals surface area contributed by atoms with Crippen LogP contribution in [0.4, 0.5) is 0 Å². The lowest BCUT2D eigenvalue weighted by atomic mass is 9.76. The summed E-state index contributed by atoms with van der Waals surface area (Å²) in [5, 5.41) is 0. The van der Waals surface area contributed by atoms with Crippen molar-refractivity contribution in [2.24, 2.45) is 0 Å². The van der Waals surface area contributed by atoms with Gasteiger partial charge in [0.1, 0.15) is 0 Å². The lowest BCUT2D eigenvalue weighted by Crippen LogP contribution is -2.22. The SMILES string of the molecule is CCC(C)c1sc2c(c1C(C)C)CCCC2(C)C. The Kier molecular flexibility index (Phi) is 3.92. The molecule has 0 amide bonds. The summed E-state index contributed by atoms with van der Waals surface area (Å²) in [7, 11) is 0. The van der Waals surface area contributed by atoms with Crippen LogP contribution in [0.25, 0.3) is 0 Å². The van der Waals surface area contributed by atoms with Crippen molar-refractivity contribution in [3.05, 3.63) is 20.9 Å². The van der Waals surface area contributed by atoms with Crippen molar-refractivity contribution in [3.8, 4) is 0 Å². The standard InChI is InChI=1S/C17H28S/c1-7-12(4)15-14(11(2)3)13-9-8-10-17(5,6)16(13)18-15/h11-12H,7-10H2,1-6H3. The van der Waals surface area contributed by atoms with Crippen LogP contribution in [0.3, 0.4) is 0 Å². The maximum absolute atomic E-state index is 2.44. The maximum atomic E-state index is 2.44. The van der Waals surface area contributed by atoms with E-state index in [1.807, 2.05) is 0 Å². The maximum Gasteiger partial charge on any atom is 0.0139 e. The van der Waals surface area contributed by atoms with Gasteiger partial charge in [0.15, 0.2) is 0 Å². The van der Waals surface area contributed by atoms with Crippen molar-refractivity contribution in [2.75, 3.05) is 0 Å². The molecule has 0 saturated heterocycles. The van der Waals surface area contributed by atoms with Crippen LogP contribution in [0.2, 0.25) is 0 Å². The van der Waals surface area contributed by atoms with E-state index in [2.05, 4.69) is 52.9 Å². The molecule has 0 fully saturated rings. The van der Waals surface area contributed by atoms with E-state index < -0.39 is 0 Å². The molecule has 1 aromatic heterocycles. The molecule has 1 atom stereocenters. The molecule has 0 aromatic carbocycles. The van der Waals surface area contributed by atoms with Gasteiger partial charge in [0.2, 0.25) is 0 Å². The molecule has 1 aliphatic rings. The number of hydrogen-bond donors (Lipinski definition) is 0. The molecule has 1 heterocycles. The van der Waals surface area contributed by atoms with Crippen molar-refractivity contribution in [1.29, 1.82) is 0 Å². The molecule has 0 spiro atoms. The second-order valence-corrected chi connectivity index (χ2v) is 7.94. The summed E-state index contributed by atoms with van der Waals surface area (Å²) >= 11 is 2.13. The van der Waals surface area contributed by atoms with Gasteiger partial charge in [-0.1, -0.05) is 41.5 Å². The zero-order valence-corrected chi connectivity index (χ0v) is 13.7. The predicted molar refractivity (Wildman–Crippen MR) is 83.1 cm³/mol. The third-order valence-electron chi connectivity index (χ3n) is 4.56. The van der Waals surface area contributed by atoms with E-state index in [4.69, 9.17) is 0 Å². The third kappa shape index (κ3) is 2.27. The number of hydrogen-bond acceptors (Lipinski definition) is 1. The number of rotatable bonds is 3. The van der Waals surface area contributed by atoms with Crippen molar-refractivity contribution in [1.82, 2.24) is 0 Å². The molecule has 1 unspecified atom stereocenters. The first-order valence-corrected chi connectivity index (χ1v) is 8.36. The number of thiophene rings is 1. The van der Waals surface area contributed by atoms with Gasteiger partial charge >= 0.3 is 0 Å². The highest BCUT2D eigenvalue weighted by atomic mass is 32.1. The normalized spacial score (nSPS) is 19.9. The summed E-state index contributed by atoms with van der Waals surface area (Å²) in [6, 6.07) is 0. The van der Waals surface area contributed by atoms with Gasteiger partial charge in [-0.3, -0.25) is 0 Å². The van der Waals surface area contributed by atoms with Gasteiger partial charge in [-0.15, -0.1) is 11.3 Å². The molecule has 0 bridgehead atoms. The monoisotopic (exact) mass is 264 g/mol. The van der Waals surface area contributed by atoms with Crippen LogP contribution >= 0.6 is 11.3 Å². The Morgan fingerprint density at radius 1 is 1.22 bits per heavy atom. The van der Waals surface area contributed by atoms with E-state index >= 15 is 0 Å². The summed E-state index contributed by atoms with van der Waals surface area (Å²) in [6.07, 6.45) is 5.31. The molecule has 0 saturated carbocycles. The van der Waals surface area contributed by atoms with Crippen molar-refractivity contribution < 1.29 is 0 Å². The summed E-state index contributed by atoms with van der Waals surface area (Å²) in [4.78, 5) is 3.39. The smallest absolute Gasteiger partial charge is 0.0139 e. The summed E-state index contributed by atoms with van der Waals surface area (Å²) in [5.41, 5.74) is 3.84. The Hall–Kier alpha value is -0.300. The van der Waals surface area contributed by atoms with E-state index in [1.165, 1.54) is 25.7 Å². The Bertz CT molecular complexity index is 423. The van der Waals surface area contributed by atoms with E-state index in [0.717, 1.165) is 5.92 Å². The fourth-order valence-corrected chi connectivity index (χ4v) is 5.07. The third-order valence-corrected chi connectivity index (χ3v) is 6.40. The topological polar surface area (TPSA) is 0 Å². The molecule has 0 N–H and O–H groups in total.